The Kier molecular flexibility index (Phi) is 3.74. The summed E-state index contributed by atoms with van der Waals surface area (Å²) in [7, 11) is 0. The molecule has 0 aliphatic carbocycles. The molecule has 0 aromatic carbocycles. The zero-order chi connectivity index (χ0) is 11.3. The van der Waals surface area contributed by atoms with Gasteiger partial charge in [0, 0.05) is 11.9 Å². The van der Waals surface area contributed by atoms with E-state index in [9.17, 15) is 4.79 Å². The summed E-state index contributed by atoms with van der Waals surface area (Å²) >= 11 is 0. The Morgan fingerprint density at radius 1 is 1.47 bits per heavy atom. The van der Waals surface area contributed by atoms with Crippen LogP contribution < -0.4 is 5.73 Å². The van der Waals surface area contributed by atoms with Gasteiger partial charge in [0.1, 0.15) is 0 Å². The van der Waals surface area contributed by atoms with Crippen molar-refractivity contribution in [2.75, 3.05) is 0 Å². The number of pyridine rings is 1. The Morgan fingerprint density at radius 3 is 2.67 bits per heavy atom. The molecule has 1 aromatic heterocycles. The van der Waals surface area contributed by atoms with Crippen LogP contribution >= 0.6 is 0 Å². The van der Waals surface area contributed by atoms with Gasteiger partial charge in [-0.25, -0.2) is 9.98 Å². The molecule has 15 heavy (non-hydrogen) atoms. The number of carbonyl (C=O) groups is 1. The van der Waals surface area contributed by atoms with Gasteiger partial charge in [-0.2, -0.15) is 0 Å². The number of allylic oxidation sites excluding steroid dienone is 2. The zero-order valence-electron chi connectivity index (χ0n) is 8.77. The number of carbonyl (C=O) groups excluding carboxylic acids is 1. The van der Waals surface area contributed by atoms with Crippen LogP contribution in [0.4, 0.5) is 5.82 Å². The fourth-order valence-corrected chi connectivity index (χ4v) is 1.12. The van der Waals surface area contributed by atoms with E-state index < -0.39 is 0 Å². The lowest BCUT2D eigenvalue weighted by molar-refractivity contribution is -0.104. The first-order chi connectivity index (χ1) is 7.15. The lowest BCUT2D eigenvalue weighted by atomic mass is 10.1. The van der Waals surface area contributed by atoms with E-state index in [1.165, 1.54) is 0 Å². The van der Waals surface area contributed by atoms with Crippen LogP contribution in [0.15, 0.2) is 40.7 Å². The highest BCUT2D eigenvalue weighted by molar-refractivity contribution is 6.14. The summed E-state index contributed by atoms with van der Waals surface area (Å²) in [5.41, 5.74) is 7.00. The molecule has 4 nitrogen and oxygen atoms in total. The summed E-state index contributed by atoms with van der Waals surface area (Å²) < 4.78 is 0. The molecule has 78 valence electrons. The first-order valence-corrected chi connectivity index (χ1v) is 4.53. The summed E-state index contributed by atoms with van der Waals surface area (Å²) in [6, 6.07) is 5.40. The highest BCUT2D eigenvalue weighted by atomic mass is 16.1. The van der Waals surface area contributed by atoms with Crippen molar-refractivity contribution in [3.8, 4) is 0 Å². The first-order valence-electron chi connectivity index (χ1n) is 4.53. The van der Waals surface area contributed by atoms with Crippen LogP contribution in [0.3, 0.4) is 0 Å². The van der Waals surface area contributed by atoms with Crippen LogP contribution in [0.1, 0.15) is 13.8 Å². The van der Waals surface area contributed by atoms with Crippen molar-refractivity contribution in [2.24, 2.45) is 10.7 Å². The van der Waals surface area contributed by atoms with Gasteiger partial charge in [-0.05, 0) is 26.0 Å². The number of rotatable bonds is 3. The third-order valence-electron chi connectivity index (χ3n) is 1.86. The number of aromatic nitrogens is 1. The van der Waals surface area contributed by atoms with E-state index in [4.69, 9.17) is 5.73 Å². The lowest BCUT2D eigenvalue weighted by Crippen LogP contribution is -2.07. The highest BCUT2D eigenvalue weighted by Gasteiger charge is 2.03. The molecule has 0 fully saturated rings. The maximum absolute atomic E-state index is 10.7. The van der Waals surface area contributed by atoms with E-state index in [0.29, 0.717) is 29.1 Å². The highest BCUT2D eigenvalue weighted by Crippen LogP contribution is 2.09. The van der Waals surface area contributed by atoms with E-state index in [1.54, 1.807) is 32.2 Å². The summed E-state index contributed by atoms with van der Waals surface area (Å²) in [5.74, 6) is 0.565. The number of aliphatic imine (C=N–C) groups is 1. The number of nitrogens with two attached hydrogens (primary N) is 1. The Hall–Kier alpha value is -1.97. The van der Waals surface area contributed by atoms with Crippen molar-refractivity contribution in [1.29, 1.82) is 0 Å². The van der Waals surface area contributed by atoms with Gasteiger partial charge >= 0.3 is 0 Å². The summed E-state index contributed by atoms with van der Waals surface area (Å²) in [4.78, 5) is 19.0. The summed E-state index contributed by atoms with van der Waals surface area (Å²) in [6.45, 7) is 3.40. The largest absolute Gasteiger partial charge is 0.402 e. The van der Waals surface area contributed by atoms with Crippen LogP contribution in [0, 0.1) is 0 Å². The minimum atomic E-state index is 0.417. The normalized spacial score (nSPS) is 13.3. The van der Waals surface area contributed by atoms with Crippen molar-refractivity contribution in [2.45, 2.75) is 13.8 Å². The number of hydrogen-bond donors (Lipinski definition) is 1. The Morgan fingerprint density at radius 2 is 2.20 bits per heavy atom. The molecule has 0 atom stereocenters. The Bertz CT molecular complexity index is 403. The number of nitrogens with zero attached hydrogens (tertiary/aromatic N) is 2. The fourth-order valence-electron chi connectivity index (χ4n) is 1.12. The fraction of sp³-hybridized carbons (Fsp3) is 0.182. The average molecular weight is 203 g/mol. The van der Waals surface area contributed by atoms with Crippen molar-refractivity contribution < 1.29 is 4.79 Å². The quantitative estimate of drug-likeness (QED) is 0.461. The van der Waals surface area contributed by atoms with Gasteiger partial charge in [-0.1, -0.05) is 6.07 Å². The Labute approximate surface area is 88.5 Å². The molecule has 1 rings (SSSR count). The third-order valence-corrected chi connectivity index (χ3v) is 1.86. The van der Waals surface area contributed by atoms with Crippen LogP contribution in [0.2, 0.25) is 0 Å². The standard InChI is InChI=1S/C11H13N3O/c1-8(12)10(7-15)9(2)14-11-5-3-4-6-13-11/h3-7H,12H2,1-2H3. The molecule has 4 heteroatoms. The average Bonchev–Trinajstić information content (AvgIpc) is 2.19. The van der Waals surface area contributed by atoms with Gasteiger partial charge in [0.25, 0.3) is 0 Å². The molecule has 0 bridgehead atoms. The molecule has 2 N–H and O–H groups in total. The molecule has 0 radical (unpaired) electrons. The first kappa shape index (κ1) is 11.1. The molecule has 0 spiro atoms. The van der Waals surface area contributed by atoms with Crippen LogP contribution in [0.25, 0.3) is 0 Å². The smallest absolute Gasteiger partial charge is 0.153 e. The summed E-state index contributed by atoms with van der Waals surface area (Å²) in [6.07, 6.45) is 2.35. The van der Waals surface area contributed by atoms with E-state index in [2.05, 4.69) is 9.98 Å². The molecule has 0 saturated heterocycles. The molecule has 0 aliphatic heterocycles. The third kappa shape index (κ3) is 3.02. The number of hydrogen-bond acceptors (Lipinski definition) is 4. The molecular weight excluding hydrogens is 190 g/mol. The minimum Gasteiger partial charge on any atom is -0.402 e. The van der Waals surface area contributed by atoms with E-state index in [1.807, 2.05) is 6.07 Å². The maximum atomic E-state index is 10.7. The second kappa shape index (κ2) is 5.05. The minimum absolute atomic E-state index is 0.417. The summed E-state index contributed by atoms with van der Waals surface area (Å²) in [5, 5.41) is 0. The van der Waals surface area contributed by atoms with Crippen LogP contribution in [-0.4, -0.2) is 17.0 Å². The van der Waals surface area contributed by atoms with Gasteiger partial charge < -0.3 is 5.73 Å². The molecular formula is C11H13N3O. The van der Waals surface area contributed by atoms with Gasteiger partial charge in [0.05, 0.1) is 11.3 Å². The topological polar surface area (TPSA) is 68.3 Å². The number of aldehydes is 1. The van der Waals surface area contributed by atoms with Gasteiger partial charge in [-0.3, -0.25) is 4.79 Å². The monoisotopic (exact) mass is 203 g/mol. The zero-order valence-corrected chi connectivity index (χ0v) is 8.77. The van der Waals surface area contributed by atoms with E-state index in [-0.39, 0.29) is 0 Å². The molecule has 1 aromatic rings. The van der Waals surface area contributed by atoms with Crippen molar-refractivity contribution >= 4 is 17.8 Å². The second-order valence-corrected chi connectivity index (χ2v) is 3.10. The van der Waals surface area contributed by atoms with E-state index in [0.717, 1.165) is 0 Å². The predicted molar refractivity (Wildman–Crippen MR) is 60.0 cm³/mol. The van der Waals surface area contributed by atoms with Gasteiger partial charge in [-0.15, -0.1) is 0 Å². The molecule has 0 amide bonds. The van der Waals surface area contributed by atoms with Crippen molar-refractivity contribution in [3.63, 3.8) is 0 Å². The van der Waals surface area contributed by atoms with Gasteiger partial charge in [0.2, 0.25) is 0 Å². The molecule has 1 heterocycles. The molecule has 0 aliphatic rings. The second-order valence-electron chi connectivity index (χ2n) is 3.10. The lowest BCUT2D eigenvalue weighted by Gasteiger charge is -2.01. The van der Waals surface area contributed by atoms with Crippen molar-refractivity contribution in [3.05, 3.63) is 35.7 Å². The van der Waals surface area contributed by atoms with Crippen LogP contribution in [-0.2, 0) is 4.79 Å². The SMILES string of the molecule is CC(=Nc1ccccn1)C(C=O)=C(C)N. The Balaban J connectivity index is 3.04. The van der Waals surface area contributed by atoms with E-state index >= 15 is 0 Å². The van der Waals surface area contributed by atoms with Gasteiger partial charge in [0.15, 0.2) is 12.1 Å². The van der Waals surface area contributed by atoms with Crippen LogP contribution in [0.5, 0.6) is 0 Å². The molecule has 0 unspecified atom stereocenters. The van der Waals surface area contributed by atoms with Crippen molar-refractivity contribution in [1.82, 2.24) is 4.98 Å². The molecule has 0 saturated carbocycles. The maximum Gasteiger partial charge on any atom is 0.153 e. The predicted octanol–water partition coefficient (Wildman–Crippen LogP) is 1.61.